The monoisotopic (exact) mass is 259 g/mol. The molecule has 17 heavy (non-hydrogen) atoms. The Morgan fingerprint density at radius 1 is 1.35 bits per heavy atom. The molecule has 5 heteroatoms. The van der Waals surface area contributed by atoms with E-state index in [0.717, 1.165) is 5.75 Å². The lowest BCUT2D eigenvalue weighted by Crippen LogP contribution is -2.27. The third-order valence-corrected chi connectivity index (χ3v) is 3.04. The molecule has 0 unspecified atom stereocenters. The summed E-state index contributed by atoms with van der Waals surface area (Å²) in [5.74, 6) is 0.742. The van der Waals surface area contributed by atoms with Crippen molar-refractivity contribution in [1.82, 2.24) is 4.90 Å². The van der Waals surface area contributed by atoms with Crippen molar-refractivity contribution >= 4 is 11.6 Å². The van der Waals surface area contributed by atoms with Gasteiger partial charge in [-0.3, -0.25) is 4.90 Å². The summed E-state index contributed by atoms with van der Waals surface area (Å²) >= 11 is 5.75. The molecule has 94 valence electrons. The first-order valence-corrected chi connectivity index (χ1v) is 5.96. The van der Waals surface area contributed by atoms with Crippen molar-refractivity contribution in [2.24, 2.45) is 0 Å². The SMILES string of the molecule is O[C@@H]1CN(CCOc2ccc(Cl)cc2)C[C@H]1F. The highest BCUT2D eigenvalue weighted by Crippen LogP contribution is 2.16. The van der Waals surface area contributed by atoms with Gasteiger partial charge < -0.3 is 9.84 Å². The number of alkyl halides is 1. The third-order valence-electron chi connectivity index (χ3n) is 2.79. The van der Waals surface area contributed by atoms with E-state index >= 15 is 0 Å². The number of hydrogen-bond donors (Lipinski definition) is 1. The van der Waals surface area contributed by atoms with Crippen molar-refractivity contribution in [3.8, 4) is 5.75 Å². The Morgan fingerprint density at radius 2 is 2.06 bits per heavy atom. The number of aliphatic hydroxyl groups is 1. The Morgan fingerprint density at radius 3 is 2.65 bits per heavy atom. The van der Waals surface area contributed by atoms with E-state index < -0.39 is 12.3 Å². The maximum absolute atomic E-state index is 13.0. The van der Waals surface area contributed by atoms with Crippen LogP contribution in [-0.2, 0) is 0 Å². The number of ether oxygens (including phenoxy) is 1. The van der Waals surface area contributed by atoms with E-state index in [4.69, 9.17) is 16.3 Å². The molecule has 0 aliphatic carbocycles. The number of halogens is 2. The molecule has 1 N–H and O–H groups in total. The zero-order valence-corrected chi connectivity index (χ0v) is 10.1. The summed E-state index contributed by atoms with van der Waals surface area (Å²) in [6, 6.07) is 7.10. The van der Waals surface area contributed by atoms with E-state index in [1.165, 1.54) is 0 Å². The van der Waals surface area contributed by atoms with Crippen molar-refractivity contribution < 1.29 is 14.2 Å². The van der Waals surface area contributed by atoms with Gasteiger partial charge in [0.25, 0.3) is 0 Å². The first kappa shape index (κ1) is 12.6. The van der Waals surface area contributed by atoms with Gasteiger partial charge in [-0.15, -0.1) is 0 Å². The number of hydrogen-bond acceptors (Lipinski definition) is 3. The second kappa shape index (κ2) is 5.67. The Hall–Kier alpha value is -0.840. The van der Waals surface area contributed by atoms with E-state index in [1.807, 2.05) is 4.90 Å². The van der Waals surface area contributed by atoms with Crippen LogP contribution in [0.15, 0.2) is 24.3 Å². The minimum atomic E-state index is -1.13. The van der Waals surface area contributed by atoms with Gasteiger partial charge in [0.15, 0.2) is 0 Å². The zero-order valence-electron chi connectivity index (χ0n) is 9.35. The summed E-state index contributed by atoms with van der Waals surface area (Å²) in [4.78, 5) is 1.85. The fourth-order valence-electron chi connectivity index (χ4n) is 1.83. The third kappa shape index (κ3) is 3.56. The topological polar surface area (TPSA) is 32.7 Å². The summed E-state index contributed by atoms with van der Waals surface area (Å²) in [5, 5.41) is 9.91. The second-order valence-electron chi connectivity index (χ2n) is 4.15. The molecule has 0 bridgehead atoms. The highest BCUT2D eigenvalue weighted by atomic mass is 35.5. The summed E-state index contributed by atoms with van der Waals surface area (Å²) < 4.78 is 18.5. The molecule has 0 amide bonds. The quantitative estimate of drug-likeness (QED) is 0.894. The molecule has 1 fully saturated rings. The van der Waals surface area contributed by atoms with E-state index in [-0.39, 0.29) is 6.54 Å². The lowest BCUT2D eigenvalue weighted by Gasteiger charge is -2.14. The van der Waals surface area contributed by atoms with Crippen LogP contribution in [0, 0.1) is 0 Å². The molecule has 1 aromatic carbocycles. The van der Waals surface area contributed by atoms with Gasteiger partial charge in [-0.1, -0.05) is 11.6 Å². The molecule has 0 spiro atoms. The zero-order chi connectivity index (χ0) is 12.3. The van der Waals surface area contributed by atoms with E-state index in [9.17, 15) is 9.50 Å². The van der Waals surface area contributed by atoms with E-state index in [2.05, 4.69) is 0 Å². The molecule has 0 aromatic heterocycles. The molecule has 0 saturated carbocycles. The molecule has 0 radical (unpaired) electrons. The summed E-state index contributed by atoms with van der Waals surface area (Å²) in [6.07, 6.45) is -1.99. The maximum Gasteiger partial charge on any atom is 0.140 e. The number of likely N-dealkylation sites (tertiary alicyclic amines) is 1. The highest BCUT2D eigenvalue weighted by Gasteiger charge is 2.30. The summed E-state index contributed by atoms with van der Waals surface area (Å²) in [7, 11) is 0. The highest BCUT2D eigenvalue weighted by molar-refractivity contribution is 6.30. The lowest BCUT2D eigenvalue weighted by atomic mass is 10.3. The summed E-state index contributed by atoms with van der Waals surface area (Å²) in [6.45, 7) is 1.75. The van der Waals surface area contributed by atoms with Crippen LogP contribution in [0.4, 0.5) is 4.39 Å². The fraction of sp³-hybridized carbons (Fsp3) is 0.500. The van der Waals surface area contributed by atoms with Crippen LogP contribution in [0.2, 0.25) is 5.02 Å². The van der Waals surface area contributed by atoms with Crippen molar-refractivity contribution in [3.05, 3.63) is 29.3 Å². The standard InChI is InChI=1S/C12H15ClFNO2/c13-9-1-3-10(4-2-9)17-6-5-15-7-11(14)12(16)8-15/h1-4,11-12,16H,5-8H2/t11-,12-/m1/s1. The Bertz CT molecular complexity index is 350. The Balaban J connectivity index is 1.71. The lowest BCUT2D eigenvalue weighted by molar-refractivity contribution is 0.115. The number of nitrogens with zero attached hydrogens (tertiary/aromatic N) is 1. The van der Waals surface area contributed by atoms with Gasteiger partial charge in [0.2, 0.25) is 0 Å². The molecule has 2 rings (SSSR count). The molecule has 2 atom stereocenters. The average molecular weight is 260 g/mol. The number of β-amino-alcohol motifs (C(OH)–C–C–N with tert-alkyl or cyclic N) is 1. The van der Waals surface area contributed by atoms with Crippen LogP contribution < -0.4 is 4.74 Å². The van der Waals surface area contributed by atoms with Gasteiger partial charge in [0.05, 0.1) is 6.10 Å². The molecule has 1 aliphatic rings. The Kier molecular flexibility index (Phi) is 4.20. The molecular weight excluding hydrogens is 245 g/mol. The van der Waals surface area contributed by atoms with Crippen LogP contribution >= 0.6 is 11.6 Å². The van der Waals surface area contributed by atoms with Crippen molar-refractivity contribution in [2.45, 2.75) is 12.3 Å². The first-order chi connectivity index (χ1) is 8.15. The molecule has 1 heterocycles. The predicted molar refractivity (Wildman–Crippen MR) is 64.3 cm³/mol. The van der Waals surface area contributed by atoms with Gasteiger partial charge in [0.1, 0.15) is 18.5 Å². The average Bonchev–Trinajstić information content (AvgIpc) is 2.61. The van der Waals surface area contributed by atoms with Crippen LogP contribution in [0.25, 0.3) is 0 Å². The van der Waals surface area contributed by atoms with Crippen LogP contribution in [-0.4, -0.2) is 48.5 Å². The second-order valence-corrected chi connectivity index (χ2v) is 4.58. The number of benzene rings is 1. The minimum absolute atomic E-state index is 0.283. The summed E-state index contributed by atoms with van der Waals surface area (Å²) in [5.41, 5.74) is 0. The minimum Gasteiger partial charge on any atom is -0.492 e. The normalized spacial score (nSPS) is 25.1. The molecule has 1 saturated heterocycles. The fourth-order valence-corrected chi connectivity index (χ4v) is 1.95. The Labute approximate surface area is 105 Å². The van der Waals surface area contributed by atoms with Gasteiger partial charge in [-0.05, 0) is 24.3 Å². The maximum atomic E-state index is 13.0. The van der Waals surface area contributed by atoms with E-state index in [1.54, 1.807) is 24.3 Å². The van der Waals surface area contributed by atoms with Gasteiger partial charge in [0, 0.05) is 24.7 Å². The molecular formula is C12H15ClFNO2. The first-order valence-electron chi connectivity index (χ1n) is 5.58. The van der Waals surface area contributed by atoms with Crippen LogP contribution in [0.1, 0.15) is 0 Å². The largest absolute Gasteiger partial charge is 0.492 e. The van der Waals surface area contributed by atoms with Crippen LogP contribution in [0.5, 0.6) is 5.75 Å². The molecule has 1 aromatic rings. The predicted octanol–water partition coefficient (Wildman–Crippen LogP) is 1.73. The van der Waals surface area contributed by atoms with Gasteiger partial charge >= 0.3 is 0 Å². The number of aliphatic hydroxyl groups excluding tert-OH is 1. The molecule has 3 nitrogen and oxygen atoms in total. The smallest absolute Gasteiger partial charge is 0.140 e. The van der Waals surface area contributed by atoms with Crippen LogP contribution in [0.3, 0.4) is 0 Å². The van der Waals surface area contributed by atoms with Gasteiger partial charge in [-0.25, -0.2) is 4.39 Å². The van der Waals surface area contributed by atoms with Gasteiger partial charge in [-0.2, -0.15) is 0 Å². The van der Waals surface area contributed by atoms with Crippen molar-refractivity contribution in [2.75, 3.05) is 26.2 Å². The van der Waals surface area contributed by atoms with Crippen molar-refractivity contribution in [1.29, 1.82) is 0 Å². The molecule has 1 aliphatic heterocycles. The van der Waals surface area contributed by atoms with E-state index in [0.29, 0.717) is 24.7 Å². The number of rotatable bonds is 4. The van der Waals surface area contributed by atoms with Crippen molar-refractivity contribution in [3.63, 3.8) is 0 Å².